The summed E-state index contributed by atoms with van der Waals surface area (Å²) in [4.78, 5) is 0. The molecular formula is C7H12N. The molecule has 1 heteroatoms. The van der Waals surface area contributed by atoms with Crippen molar-refractivity contribution in [3.8, 4) is 6.07 Å². The van der Waals surface area contributed by atoms with Crippen molar-refractivity contribution in [3.63, 3.8) is 0 Å². The molecule has 0 fully saturated rings. The van der Waals surface area contributed by atoms with E-state index in [1.54, 1.807) is 0 Å². The van der Waals surface area contributed by atoms with E-state index in [2.05, 4.69) is 19.4 Å². The first-order valence-electron chi connectivity index (χ1n) is 3.02. The number of hydrogen-bond acceptors (Lipinski definition) is 1. The zero-order valence-electron chi connectivity index (χ0n) is 5.52. The average Bonchev–Trinajstić information content (AvgIpc) is 1.83. The van der Waals surface area contributed by atoms with E-state index in [1.165, 1.54) is 0 Å². The van der Waals surface area contributed by atoms with Crippen molar-refractivity contribution in [2.45, 2.75) is 26.7 Å². The van der Waals surface area contributed by atoms with Gasteiger partial charge in [-0.3, -0.25) is 0 Å². The molecule has 0 bridgehead atoms. The molecule has 1 atom stereocenters. The third kappa shape index (κ3) is 3.67. The first-order chi connectivity index (χ1) is 3.81. The molecule has 1 radical (unpaired) electrons. The van der Waals surface area contributed by atoms with Gasteiger partial charge < -0.3 is 0 Å². The molecule has 0 rings (SSSR count). The van der Waals surface area contributed by atoms with Crippen LogP contribution in [0.25, 0.3) is 0 Å². The lowest BCUT2D eigenvalue weighted by Crippen LogP contribution is -1.88. The maximum absolute atomic E-state index is 8.29. The zero-order valence-corrected chi connectivity index (χ0v) is 5.52. The quantitative estimate of drug-likeness (QED) is 0.546. The highest BCUT2D eigenvalue weighted by Gasteiger charge is 1.95. The molecule has 0 aromatic heterocycles. The van der Waals surface area contributed by atoms with Gasteiger partial charge in [-0.15, -0.1) is 0 Å². The van der Waals surface area contributed by atoms with Gasteiger partial charge in [0.25, 0.3) is 0 Å². The van der Waals surface area contributed by atoms with Crippen LogP contribution < -0.4 is 0 Å². The normalized spacial score (nSPS) is 12.6. The van der Waals surface area contributed by atoms with Crippen LogP contribution in [-0.4, -0.2) is 0 Å². The van der Waals surface area contributed by atoms with Crippen LogP contribution in [0.15, 0.2) is 0 Å². The Morgan fingerprint density at radius 1 is 1.75 bits per heavy atom. The smallest absolute Gasteiger partial charge is 0.0652 e. The van der Waals surface area contributed by atoms with Gasteiger partial charge in [0, 0.05) is 5.92 Å². The standard InChI is InChI=1S/C7H12N/c1-3-4-5-7(2)6-8/h4,7H,3,5H2,1-2H3. The van der Waals surface area contributed by atoms with Gasteiger partial charge in [0.1, 0.15) is 0 Å². The Balaban J connectivity index is 3.02. The fourth-order valence-corrected chi connectivity index (χ4v) is 0.469. The van der Waals surface area contributed by atoms with Gasteiger partial charge in [0.15, 0.2) is 0 Å². The van der Waals surface area contributed by atoms with E-state index in [1.807, 2.05) is 6.92 Å². The molecule has 0 aromatic rings. The minimum absolute atomic E-state index is 0.204. The summed E-state index contributed by atoms with van der Waals surface area (Å²) >= 11 is 0. The lowest BCUT2D eigenvalue weighted by Gasteiger charge is -1.95. The molecule has 0 aromatic carbocycles. The maximum atomic E-state index is 8.29. The molecule has 45 valence electrons. The summed E-state index contributed by atoms with van der Waals surface area (Å²) in [7, 11) is 0. The van der Waals surface area contributed by atoms with Crippen LogP contribution in [0.1, 0.15) is 26.7 Å². The summed E-state index contributed by atoms with van der Waals surface area (Å²) < 4.78 is 0. The predicted octanol–water partition coefficient (Wildman–Crippen LogP) is 2.15. The Morgan fingerprint density at radius 2 is 2.38 bits per heavy atom. The van der Waals surface area contributed by atoms with Crippen molar-refractivity contribution in [2.24, 2.45) is 5.92 Å². The summed E-state index contributed by atoms with van der Waals surface area (Å²) in [6.07, 6.45) is 4.15. The summed E-state index contributed by atoms with van der Waals surface area (Å²) in [6, 6.07) is 2.17. The second-order valence-electron chi connectivity index (χ2n) is 1.96. The molecule has 1 unspecified atom stereocenters. The van der Waals surface area contributed by atoms with Crippen LogP contribution in [0.2, 0.25) is 0 Å². The molecule has 0 heterocycles. The topological polar surface area (TPSA) is 23.8 Å². The van der Waals surface area contributed by atoms with Crippen molar-refractivity contribution in [1.82, 2.24) is 0 Å². The van der Waals surface area contributed by atoms with Crippen molar-refractivity contribution in [2.75, 3.05) is 0 Å². The van der Waals surface area contributed by atoms with Gasteiger partial charge >= 0.3 is 0 Å². The number of nitriles is 1. The largest absolute Gasteiger partial charge is 0.198 e. The molecule has 0 N–H and O–H groups in total. The van der Waals surface area contributed by atoms with Crippen molar-refractivity contribution in [1.29, 1.82) is 5.26 Å². The Morgan fingerprint density at radius 3 is 2.75 bits per heavy atom. The lowest BCUT2D eigenvalue weighted by atomic mass is 10.1. The molecule has 0 amide bonds. The highest BCUT2D eigenvalue weighted by molar-refractivity contribution is 4.82. The van der Waals surface area contributed by atoms with Crippen molar-refractivity contribution >= 4 is 0 Å². The van der Waals surface area contributed by atoms with E-state index >= 15 is 0 Å². The maximum Gasteiger partial charge on any atom is 0.0652 e. The SMILES string of the molecule is CC[CH]CC(C)C#N. The van der Waals surface area contributed by atoms with Gasteiger partial charge in [-0.05, 0) is 19.8 Å². The third-order valence-corrected chi connectivity index (χ3v) is 1.03. The van der Waals surface area contributed by atoms with Gasteiger partial charge in [-0.1, -0.05) is 13.3 Å². The molecule has 8 heavy (non-hydrogen) atoms. The lowest BCUT2D eigenvalue weighted by molar-refractivity contribution is 0.707. The fourth-order valence-electron chi connectivity index (χ4n) is 0.469. The second-order valence-corrected chi connectivity index (χ2v) is 1.96. The Kier molecular flexibility index (Phi) is 4.35. The highest BCUT2D eigenvalue weighted by Crippen LogP contribution is 2.03. The fraction of sp³-hybridized carbons (Fsp3) is 0.714. The Labute approximate surface area is 51.3 Å². The minimum atomic E-state index is 0.204. The van der Waals surface area contributed by atoms with Gasteiger partial charge in [-0.25, -0.2) is 0 Å². The molecule has 0 spiro atoms. The molecule has 0 saturated heterocycles. The number of unbranched alkanes of at least 4 members (excludes halogenated alkanes) is 1. The molecule has 0 saturated carbocycles. The van der Waals surface area contributed by atoms with E-state index in [4.69, 9.17) is 5.26 Å². The number of hydrogen-bond donors (Lipinski definition) is 0. The van der Waals surface area contributed by atoms with Crippen LogP contribution in [0.3, 0.4) is 0 Å². The van der Waals surface area contributed by atoms with Crippen molar-refractivity contribution < 1.29 is 0 Å². The molecule has 0 aliphatic rings. The number of nitrogens with zero attached hydrogens (tertiary/aromatic N) is 1. The van der Waals surface area contributed by atoms with Crippen molar-refractivity contribution in [3.05, 3.63) is 6.42 Å². The second kappa shape index (κ2) is 4.64. The molecular weight excluding hydrogens is 98.1 g/mol. The summed E-state index contributed by atoms with van der Waals surface area (Å²) in [5.41, 5.74) is 0. The monoisotopic (exact) mass is 110 g/mol. The predicted molar refractivity (Wildman–Crippen MR) is 34.0 cm³/mol. The van der Waals surface area contributed by atoms with E-state index in [0.717, 1.165) is 12.8 Å². The van der Waals surface area contributed by atoms with Crippen LogP contribution in [-0.2, 0) is 0 Å². The Hall–Kier alpha value is -0.510. The summed E-state index contributed by atoms with van der Waals surface area (Å²) in [6.45, 7) is 4.02. The minimum Gasteiger partial charge on any atom is -0.198 e. The van der Waals surface area contributed by atoms with Gasteiger partial charge in [0.05, 0.1) is 6.07 Å². The molecule has 0 aliphatic heterocycles. The average molecular weight is 110 g/mol. The number of rotatable bonds is 3. The first-order valence-corrected chi connectivity index (χ1v) is 3.02. The van der Waals surface area contributed by atoms with E-state index in [9.17, 15) is 0 Å². The van der Waals surface area contributed by atoms with Crippen LogP contribution >= 0.6 is 0 Å². The molecule has 1 nitrogen and oxygen atoms in total. The third-order valence-electron chi connectivity index (χ3n) is 1.03. The summed E-state index contributed by atoms with van der Waals surface area (Å²) in [5, 5.41) is 8.29. The zero-order chi connectivity index (χ0) is 6.41. The summed E-state index contributed by atoms with van der Waals surface area (Å²) in [5.74, 6) is 0.204. The van der Waals surface area contributed by atoms with Crippen LogP contribution in [0.4, 0.5) is 0 Å². The first kappa shape index (κ1) is 7.49. The molecule has 0 aliphatic carbocycles. The van der Waals surface area contributed by atoms with E-state index in [-0.39, 0.29) is 5.92 Å². The Bertz CT molecular complexity index is 80.9. The van der Waals surface area contributed by atoms with Crippen LogP contribution in [0.5, 0.6) is 0 Å². The van der Waals surface area contributed by atoms with Crippen LogP contribution in [0, 0.1) is 23.7 Å². The van der Waals surface area contributed by atoms with Gasteiger partial charge in [0.2, 0.25) is 0 Å². The van der Waals surface area contributed by atoms with Gasteiger partial charge in [-0.2, -0.15) is 5.26 Å². The van der Waals surface area contributed by atoms with E-state index < -0.39 is 0 Å². The van der Waals surface area contributed by atoms with E-state index in [0.29, 0.717) is 0 Å². The highest BCUT2D eigenvalue weighted by atomic mass is 14.2.